The van der Waals surface area contributed by atoms with Gasteiger partial charge in [-0.05, 0) is 35.9 Å². The van der Waals surface area contributed by atoms with Gasteiger partial charge < -0.3 is 14.6 Å². The van der Waals surface area contributed by atoms with Crippen LogP contribution in [0.2, 0.25) is 25.7 Å². The molecule has 0 radical (unpaired) electrons. The molecule has 0 atom stereocenters. The minimum absolute atomic E-state index is 0.0976. The zero-order chi connectivity index (χ0) is 23.3. The standard InChI is InChI=1S/C24H30FN3O3Si/c1-24(2)17-12-18(29)19(30-3)11-16(17)23-21(24)22(15-7-8-20(25)26-13-15)27-28(23)14-31-9-10-32(4,5)6/h7-8,11-13,29H,9-10,14H2,1-6H3. The van der Waals surface area contributed by atoms with Gasteiger partial charge in [-0.15, -0.1) is 0 Å². The number of aromatic nitrogens is 3. The molecule has 1 aliphatic carbocycles. The minimum Gasteiger partial charge on any atom is -0.504 e. The minimum atomic E-state index is -1.21. The Morgan fingerprint density at radius 1 is 1.19 bits per heavy atom. The molecule has 0 saturated carbocycles. The van der Waals surface area contributed by atoms with E-state index in [9.17, 15) is 9.50 Å². The Kier molecular flexibility index (Phi) is 5.62. The van der Waals surface area contributed by atoms with Crippen LogP contribution in [0, 0.1) is 5.95 Å². The van der Waals surface area contributed by atoms with Crippen molar-refractivity contribution in [3.63, 3.8) is 0 Å². The largest absolute Gasteiger partial charge is 0.504 e. The van der Waals surface area contributed by atoms with Gasteiger partial charge in [-0.25, -0.2) is 9.67 Å². The van der Waals surface area contributed by atoms with Gasteiger partial charge in [-0.3, -0.25) is 0 Å². The van der Waals surface area contributed by atoms with Crippen LogP contribution >= 0.6 is 0 Å². The van der Waals surface area contributed by atoms with Gasteiger partial charge in [-0.2, -0.15) is 9.49 Å². The highest BCUT2D eigenvalue weighted by atomic mass is 28.3. The Morgan fingerprint density at radius 3 is 2.56 bits per heavy atom. The maximum atomic E-state index is 13.5. The van der Waals surface area contributed by atoms with Gasteiger partial charge >= 0.3 is 0 Å². The molecule has 170 valence electrons. The van der Waals surface area contributed by atoms with E-state index in [1.165, 1.54) is 19.4 Å². The molecule has 6 nitrogen and oxygen atoms in total. The molecule has 1 N–H and O–H groups in total. The third-order valence-corrected chi connectivity index (χ3v) is 7.74. The van der Waals surface area contributed by atoms with Crippen molar-refractivity contribution < 1.29 is 19.0 Å². The zero-order valence-electron chi connectivity index (χ0n) is 19.5. The van der Waals surface area contributed by atoms with Crippen LogP contribution in [0.3, 0.4) is 0 Å². The summed E-state index contributed by atoms with van der Waals surface area (Å²) in [5, 5.41) is 15.3. The number of rotatable bonds is 7. The first-order valence-electron chi connectivity index (χ1n) is 10.8. The second-order valence-corrected chi connectivity index (χ2v) is 15.6. The monoisotopic (exact) mass is 455 g/mol. The summed E-state index contributed by atoms with van der Waals surface area (Å²) < 4.78 is 26.8. The lowest BCUT2D eigenvalue weighted by atomic mass is 9.81. The summed E-state index contributed by atoms with van der Waals surface area (Å²) in [4.78, 5) is 3.83. The number of nitrogens with zero attached hydrogens (tertiary/aromatic N) is 3. The third kappa shape index (κ3) is 3.93. The van der Waals surface area contributed by atoms with Crippen LogP contribution in [0.4, 0.5) is 4.39 Å². The van der Waals surface area contributed by atoms with Crippen LogP contribution in [0.15, 0.2) is 30.5 Å². The Balaban J connectivity index is 1.84. The summed E-state index contributed by atoms with van der Waals surface area (Å²) in [6.07, 6.45) is 1.51. The van der Waals surface area contributed by atoms with Crippen LogP contribution < -0.4 is 4.74 Å². The fourth-order valence-corrected chi connectivity index (χ4v) is 5.00. The molecule has 4 rings (SSSR count). The van der Waals surface area contributed by atoms with E-state index in [2.05, 4.69) is 38.5 Å². The molecule has 2 heterocycles. The van der Waals surface area contributed by atoms with E-state index >= 15 is 0 Å². The summed E-state index contributed by atoms with van der Waals surface area (Å²) >= 11 is 0. The lowest BCUT2D eigenvalue weighted by Crippen LogP contribution is -2.22. The van der Waals surface area contributed by atoms with Crippen LogP contribution in [-0.4, -0.2) is 41.7 Å². The van der Waals surface area contributed by atoms with Gasteiger partial charge in [0.1, 0.15) is 6.73 Å². The maximum Gasteiger partial charge on any atom is 0.212 e. The van der Waals surface area contributed by atoms with Gasteiger partial charge in [0.2, 0.25) is 5.95 Å². The smallest absolute Gasteiger partial charge is 0.212 e. The Hall–Kier alpha value is -2.71. The molecule has 8 heteroatoms. The van der Waals surface area contributed by atoms with Crippen molar-refractivity contribution in [2.45, 2.75) is 51.7 Å². The predicted molar refractivity (Wildman–Crippen MR) is 125 cm³/mol. The van der Waals surface area contributed by atoms with E-state index < -0.39 is 19.4 Å². The normalized spacial score (nSPS) is 14.3. The SMILES string of the molecule is COc1cc2c(cc1O)C(C)(C)c1c(-c3ccc(F)nc3)nn(COCC[Si](C)(C)C)c1-2. The highest BCUT2D eigenvalue weighted by molar-refractivity contribution is 6.76. The van der Waals surface area contributed by atoms with Gasteiger partial charge in [0, 0.05) is 43.0 Å². The van der Waals surface area contributed by atoms with Gasteiger partial charge in [0.25, 0.3) is 0 Å². The van der Waals surface area contributed by atoms with E-state index in [0.29, 0.717) is 19.1 Å². The molecule has 3 aromatic rings. The average molecular weight is 456 g/mol. The van der Waals surface area contributed by atoms with Crippen molar-refractivity contribution in [3.8, 4) is 34.0 Å². The van der Waals surface area contributed by atoms with Crippen molar-refractivity contribution in [2.75, 3.05) is 13.7 Å². The highest BCUT2D eigenvalue weighted by Crippen LogP contribution is 2.54. The fourth-order valence-electron chi connectivity index (χ4n) is 4.25. The number of hydrogen-bond donors (Lipinski definition) is 1. The predicted octanol–water partition coefficient (Wildman–Crippen LogP) is 5.42. The molecule has 0 aliphatic heterocycles. The zero-order valence-corrected chi connectivity index (χ0v) is 20.5. The lowest BCUT2D eigenvalue weighted by molar-refractivity contribution is 0.0799. The maximum absolute atomic E-state index is 13.5. The molecule has 1 aromatic carbocycles. The van der Waals surface area contributed by atoms with Crippen LogP contribution in [0.5, 0.6) is 11.5 Å². The van der Waals surface area contributed by atoms with E-state index in [4.69, 9.17) is 14.6 Å². The summed E-state index contributed by atoms with van der Waals surface area (Å²) in [6, 6.07) is 7.71. The molecule has 0 amide bonds. The number of halogens is 1. The molecule has 0 saturated heterocycles. The molecular formula is C24H30FN3O3Si. The summed E-state index contributed by atoms with van der Waals surface area (Å²) in [7, 11) is 0.326. The third-order valence-electron chi connectivity index (χ3n) is 6.04. The Morgan fingerprint density at radius 2 is 1.94 bits per heavy atom. The van der Waals surface area contributed by atoms with Gasteiger partial charge in [0.15, 0.2) is 11.5 Å². The van der Waals surface area contributed by atoms with Crippen molar-refractivity contribution in [2.24, 2.45) is 0 Å². The molecule has 1 aliphatic rings. The Labute approximate surface area is 189 Å². The number of phenols is 1. The van der Waals surface area contributed by atoms with Crippen molar-refractivity contribution in [1.29, 1.82) is 0 Å². The van der Waals surface area contributed by atoms with Gasteiger partial charge in [0.05, 0.1) is 18.5 Å². The number of phenolic OH excluding ortho intramolecular Hbond substituents is 1. The first-order valence-corrected chi connectivity index (χ1v) is 14.5. The molecule has 0 fully saturated rings. The van der Waals surface area contributed by atoms with E-state index in [-0.39, 0.29) is 5.75 Å². The quantitative estimate of drug-likeness (QED) is 0.293. The molecule has 32 heavy (non-hydrogen) atoms. The molecule has 2 aromatic heterocycles. The van der Waals surface area contributed by atoms with E-state index in [1.54, 1.807) is 12.1 Å². The first kappa shape index (κ1) is 22.5. The second kappa shape index (κ2) is 8.01. The summed E-state index contributed by atoms with van der Waals surface area (Å²) in [6.45, 7) is 12.1. The van der Waals surface area contributed by atoms with Crippen molar-refractivity contribution in [1.82, 2.24) is 14.8 Å². The van der Waals surface area contributed by atoms with Crippen molar-refractivity contribution >= 4 is 8.07 Å². The molecule has 0 bridgehead atoms. The number of benzene rings is 1. The average Bonchev–Trinajstić information content (AvgIpc) is 3.20. The molecule has 0 unspecified atom stereocenters. The van der Waals surface area contributed by atoms with Crippen molar-refractivity contribution in [3.05, 3.63) is 47.5 Å². The summed E-state index contributed by atoms with van der Waals surface area (Å²) in [5.74, 6) is -0.0260. The number of ether oxygens (including phenoxy) is 2. The summed E-state index contributed by atoms with van der Waals surface area (Å²) in [5.41, 5.74) is 4.89. The fraction of sp³-hybridized carbons (Fsp3) is 0.417. The number of pyridine rings is 1. The number of hydrogen-bond acceptors (Lipinski definition) is 5. The first-order chi connectivity index (χ1) is 15.0. The number of aromatic hydroxyl groups is 1. The number of methoxy groups -OCH3 is 1. The topological polar surface area (TPSA) is 69.4 Å². The number of fused-ring (bicyclic) bond motifs is 3. The highest BCUT2D eigenvalue weighted by Gasteiger charge is 2.42. The van der Waals surface area contributed by atoms with Gasteiger partial charge in [-0.1, -0.05) is 33.5 Å². The van der Waals surface area contributed by atoms with E-state index in [1.807, 2.05) is 10.7 Å². The van der Waals surface area contributed by atoms with Crippen LogP contribution in [-0.2, 0) is 16.9 Å². The second-order valence-electron chi connectivity index (χ2n) is 9.98. The lowest BCUT2D eigenvalue weighted by Gasteiger charge is -2.22. The molecule has 0 spiro atoms. The van der Waals surface area contributed by atoms with Crippen LogP contribution in [0.1, 0.15) is 25.0 Å². The van der Waals surface area contributed by atoms with E-state index in [0.717, 1.165) is 39.7 Å². The molecular weight excluding hydrogens is 425 g/mol. The van der Waals surface area contributed by atoms with Crippen LogP contribution in [0.25, 0.3) is 22.5 Å². The Bertz CT molecular complexity index is 1150.